The standard InChI is InChI=1S/C23H37F3O/c1-3-7-18(4-2)8-5-6-9-19-10-12-20(13-11-19)21-14-16-22(17-15-21)27-23(24,25)26/h3,6-7,9,18-22H,4-5,8,10-17H2,1-2H3/b7-3+,9-6+. The van der Waals surface area contributed by atoms with Gasteiger partial charge in [0.1, 0.15) is 0 Å². The van der Waals surface area contributed by atoms with Crippen LogP contribution in [0.2, 0.25) is 0 Å². The number of alkyl halides is 3. The Morgan fingerprint density at radius 2 is 1.56 bits per heavy atom. The first kappa shape index (κ1) is 22.5. The van der Waals surface area contributed by atoms with Gasteiger partial charge in [0.25, 0.3) is 0 Å². The Morgan fingerprint density at radius 1 is 0.963 bits per heavy atom. The molecular weight excluding hydrogens is 349 g/mol. The molecule has 156 valence electrons. The van der Waals surface area contributed by atoms with E-state index in [0.29, 0.717) is 36.5 Å². The second-order valence-corrected chi connectivity index (χ2v) is 8.47. The molecule has 0 bridgehead atoms. The molecule has 0 N–H and O–H groups in total. The van der Waals surface area contributed by atoms with Gasteiger partial charge in [0.05, 0.1) is 6.10 Å². The molecule has 4 heteroatoms. The van der Waals surface area contributed by atoms with Gasteiger partial charge in [-0.05, 0) is 101 Å². The molecule has 0 aliphatic heterocycles. The number of ether oxygens (including phenoxy) is 1. The molecule has 0 spiro atoms. The van der Waals surface area contributed by atoms with Gasteiger partial charge >= 0.3 is 6.36 Å². The van der Waals surface area contributed by atoms with Crippen LogP contribution in [0.15, 0.2) is 24.3 Å². The highest BCUT2D eigenvalue weighted by Crippen LogP contribution is 2.41. The summed E-state index contributed by atoms with van der Waals surface area (Å²) < 4.78 is 41.2. The molecule has 0 saturated heterocycles. The molecule has 2 fully saturated rings. The number of rotatable bonds is 8. The van der Waals surface area contributed by atoms with Gasteiger partial charge in [0, 0.05) is 0 Å². The van der Waals surface area contributed by atoms with Crippen LogP contribution in [0.5, 0.6) is 0 Å². The molecular formula is C23H37F3O. The maximum absolute atomic E-state index is 12.3. The number of halogens is 3. The lowest BCUT2D eigenvalue weighted by Gasteiger charge is -2.37. The second-order valence-electron chi connectivity index (χ2n) is 8.47. The van der Waals surface area contributed by atoms with Crippen molar-refractivity contribution in [2.45, 2.75) is 96.9 Å². The predicted molar refractivity (Wildman–Crippen MR) is 105 cm³/mol. The van der Waals surface area contributed by atoms with Crippen LogP contribution in [0, 0.1) is 23.7 Å². The third-order valence-corrected chi connectivity index (χ3v) is 6.60. The Balaban J connectivity index is 1.63. The average Bonchev–Trinajstić information content (AvgIpc) is 2.64. The molecule has 0 aromatic heterocycles. The van der Waals surface area contributed by atoms with Crippen LogP contribution in [-0.4, -0.2) is 12.5 Å². The van der Waals surface area contributed by atoms with Gasteiger partial charge < -0.3 is 0 Å². The summed E-state index contributed by atoms with van der Waals surface area (Å²) in [5, 5.41) is 0. The minimum Gasteiger partial charge on any atom is -0.289 e. The van der Waals surface area contributed by atoms with Crippen LogP contribution in [0.4, 0.5) is 13.2 Å². The highest BCUT2D eigenvalue weighted by molar-refractivity contribution is 4.94. The minimum atomic E-state index is -4.48. The zero-order chi connectivity index (χ0) is 19.7. The van der Waals surface area contributed by atoms with Crippen molar-refractivity contribution in [3.05, 3.63) is 24.3 Å². The summed E-state index contributed by atoms with van der Waals surface area (Å²) in [6, 6.07) is 0. The van der Waals surface area contributed by atoms with E-state index in [2.05, 4.69) is 42.9 Å². The lowest BCUT2D eigenvalue weighted by Crippen LogP contribution is -2.31. The van der Waals surface area contributed by atoms with Crippen molar-refractivity contribution in [2.75, 3.05) is 0 Å². The second kappa shape index (κ2) is 11.3. The summed E-state index contributed by atoms with van der Waals surface area (Å²) in [6.45, 7) is 4.34. The molecule has 0 aromatic rings. The van der Waals surface area contributed by atoms with E-state index in [4.69, 9.17) is 0 Å². The van der Waals surface area contributed by atoms with Crippen LogP contribution in [-0.2, 0) is 4.74 Å². The Kier molecular flexibility index (Phi) is 9.41. The van der Waals surface area contributed by atoms with E-state index < -0.39 is 12.5 Å². The quantitative estimate of drug-likeness (QED) is 0.386. The molecule has 1 nitrogen and oxygen atoms in total. The summed E-state index contributed by atoms with van der Waals surface area (Å²) >= 11 is 0. The first-order valence-electron chi connectivity index (χ1n) is 10.9. The SMILES string of the molecule is C/C=C/C(CC)CC/C=C/C1CCC(C2CCC(OC(F)(F)F)CC2)CC1. The Labute approximate surface area is 163 Å². The highest BCUT2D eigenvalue weighted by Gasteiger charge is 2.37. The summed E-state index contributed by atoms with van der Waals surface area (Å²) in [7, 11) is 0. The fourth-order valence-corrected chi connectivity index (χ4v) is 4.98. The van der Waals surface area contributed by atoms with E-state index in [1.54, 1.807) is 0 Å². The third kappa shape index (κ3) is 8.41. The smallest absolute Gasteiger partial charge is 0.289 e. The van der Waals surface area contributed by atoms with Gasteiger partial charge in [-0.25, -0.2) is 0 Å². The molecule has 2 saturated carbocycles. The monoisotopic (exact) mass is 386 g/mol. The molecule has 2 aliphatic carbocycles. The Bertz CT molecular complexity index is 453. The van der Waals surface area contributed by atoms with Gasteiger partial charge in [-0.15, -0.1) is 13.2 Å². The van der Waals surface area contributed by atoms with E-state index in [-0.39, 0.29) is 0 Å². The molecule has 1 atom stereocenters. The van der Waals surface area contributed by atoms with Crippen molar-refractivity contribution in [1.29, 1.82) is 0 Å². The Hall–Kier alpha value is -0.770. The summed E-state index contributed by atoms with van der Waals surface area (Å²) in [5.41, 5.74) is 0. The van der Waals surface area contributed by atoms with Crippen LogP contribution >= 0.6 is 0 Å². The molecule has 1 unspecified atom stereocenters. The minimum absolute atomic E-state index is 0.564. The summed E-state index contributed by atoms with van der Waals surface area (Å²) in [5.74, 6) is 2.72. The topological polar surface area (TPSA) is 9.23 Å². The first-order valence-corrected chi connectivity index (χ1v) is 10.9. The van der Waals surface area contributed by atoms with E-state index >= 15 is 0 Å². The van der Waals surface area contributed by atoms with Crippen molar-refractivity contribution in [2.24, 2.45) is 23.7 Å². The van der Waals surface area contributed by atoms with Gasteiger partial charge in [0.15, 0.2) is 0 Å². The fraction of sp³-hybridized carbons (Fsp3) is 0.826. The van der Waals surface area contributed by atoms with Crippen molar-refractivity contribution in [3.63, 3.8) is 0 Å². The summed E-state index contributed by atoms with van der Waals surface area (Å²) in [6.07, 6.45) is 15.6. The van der Waals surface area contributed by atoms with Crippen LogP contribution in [0.3, 0.4) is 0 Å². The molecule has 0 heterocycles. The third-order valence-electron chi connectivity index (χ3n) is 6.60. The van der Waals surface area contributed by atoms with Gasteiger partial charge in [-0.1, -0.05) is 31.2 Å². The zero-order valence-corrected chi connectivity index (χ0v) is 17.0. The lowest BCUT2D eigenvalue weighted by atomic mass is 9.70. The maximum Gasteiger partial charge on any atom is 0.522 e. The average molecular weight is 387 g/mol. The molecule has 27 heavy (non-hydrogen) atoms. The van der Waals surface area contributed by atoms with Gasteiger partial charge in [0.2, 0.25) is 0 Å². The van der Waals surface area contributed by atoms with E-state index in [1.165, 1.54) is 38.5 Å². The van der Waals surface area contributed by atoms with Crippen molar-refractivity contribution in [1.82, 2.24) is 0 Å². The first-order chi connectivity index (χ1) is 12.9. The maximum atomic E-state index is 12.3. The van der Waals surface area contributed by atoms with E-state index in [1.807, 2.05) is 0 Å². The number of allylic oxidation sites excluding steroid dienone is 4. The Morgan fingerprint density at radius 3 is 2.07 bits per heavy atom. The normalized spacial score (nSPS) is 31.6. The number of hydrogen-bond donors (Lipinski definition) is 0. The van der Waals surface area contributed by atoms with Crippen molar-refractivity contribution >= 4 is 0 Å². The molecule has 0 amide bonds. The van der Waals surface area contributed by atoms with Crippen molar-refractivity contribution in [3.8, 4) is 0 Å². The van der Waals surface area contributed by atoms with Crippen LogP contribution < -0.4 is 0 Å². The summed E-state index contributed by atoms with van der Waals surface area (Å²) in [4.78, 5) is 0. The van der Waals surface area contributed by atoms with Crippen LogP contribution in [0.1, 0.15) is 84.5 Å². The van der Waals surface area contributed by atoms with Gasteiger partial charge in [-0.3, -0.25) is 4.74 Å². The highest BCUT2D eigenvalue weighted by atomic mass is 19.4. The number of hydrogen-bond acceptors (Lipinski definition) is 1. The lowest BCUT2D eigenvalue weighted by molar-refractivity contribution is -0.346. The molecule has 2 aliphatic rings. The molecule has 2 rings (SSSR count). The van der Waals surface area contributed by atoms with E-state index in [0.717, 1.165) is 19.3 Å². The fourth-order valence-electron chi connectivity index (χ4n) is 4.98. The molecule has 0 aromatic carbocycles. The zero-order valence-electron chi connectivity index (χ0n) is 17.0. The van der Waals surface area contributed by atoms with Crippen molar-refractivity contribution < 1.29 is 17.9 Å². The largest absolute Gasteiger partial charge is 0.522 e. The molecule has 0 radical (unpaired) electrons. The van der Waals surface area contributed by atoms with E-state index in [9.17, 15) is 13.2 Å². The van der Waals surface area contributed by atoms with Gasteiger partial charge in [-0.2, -0.15) is 0 Å². The van der Waals surface area contributed by atoms with Crippen LogP contribution in [0.25, 0.3) is 0 Å². The predicted octanol–water partition coefficient (Wildman–Crippen LogP) is 7.83.